The van der Waals surface area contributed by atoms with Gasteiger partial charge in [-0.1, -0.05) is 12.1 Å². The van der Waals surface area contributed by atoms with Gasteiger partial charge in [0.15, 0.2) is 6.29 Å². The first-order valence-corrected chi connectivity index (χ1v) is 9.20. The number of likely N-dealkylation sites (N-methyl/N-ethyl adjacent to an activating group) is 1. The summed E-state index contributed by atoms with van der Waals surface area (Å²) in [7, 11) is 2.17. The van der Waals surface area contributed by atoms with E-state index in [-0.39, 0.29) is 5.75 Å². The molecule has 0 saturated carbocycles. The standard InChI is InChI=1S/C22H23N3O2/c1-24(13-16-6-9-23-10-7-16)19-8-11-25(14-19)18-3-4-20-17(12-18)2-5-22(27)21(20)15-26/h2-7,9-10,12,15,19,27H,8,11,13-14H2,1H3. The van der Waals surface area contributed by atoms with Crippen LogP contribution in [0.3, 0.4) is 0 Å². The molecule has 1 unspecified atom stereocenters. The van der Waals surface area contributed by atoms with Gasteiger partial charge in [-0.15, -0.1) is 0 Å². The number of aldehydes is 1. The van der Waals surface area contributed by atoms with Crippen molar-refractivity contribution in [3.05, 3.63) is 66.0 Å². The Bertz CT molecular complexity index is 958. The van der Waals surface area contributed by atoms with E-state index in [0.29, 0.717) is 11.6 Å². The number of anilines is 1. The summed E-state index contributed by atoms with van der Waals surface area (Å²) in [4.78, 5) is 20.1. The largest absolute Gasteiger partial charge is 0.507 e. The molecule has 0 amide bonds. The van der Waals surface area contributed by atoms with E-state index in [0.717, 1.165) is 48.8 Å². The predicted molar refractivity (Wildman–Crippen MR) is 107 cm³/mol. The smallest absolute Gasteiger partial charge is 0.154 e. The molecule has 4 rings (SSSR count). The third-order valence-corrected chi connectivity index (χ3v) is 5.47. The van der Waals surface area contributed by atoms with Gasteiger partial charge >= 0.3 is 0 Å². The van der Waals surface area contributed by atoms with Crippen LogP contribution in [0.2, 0.25) is 0 Å². The first-order chi connectivity index (χ1) is 13.2. The highest BCUT2D eigenvalue weighted by molar-refractivity contribution is 6.01. The third-order valence-electron chi connectivity index (χ3n) is 5.47. The summed E-state index contributed by atoms with van der Waals surface area (Å²) >= 11 is 0. The molecule has 5 nitrogen and oxygen atoms in total. The van der Waals surface area contributed by atoms with Crippen molar-refractivity contribution in [2.24, 2.45) is 0 Å². The van der Waals surface area contributed by atoms with Crippen molar-refractivity contribution in [1.82, 2.24) is 9.88 Å². The second kappa shape index (κ2) is 7.37. The SMILES string of the molecule is CN(Cc1ccncc1)C1CCN(c2ccc3c(C=O)c(O)ccc3c2)C1. The van der Waals surface area contributed by atoms with Crippen LogP contribution in [0.15, 0.2) is 54.9 Å². The number of hydrogen-bond acceptors (Lipinski definition) is 5. The van der Waals surface area contributed by atoms with Crippen molar-refractivity contribution in [3.8, 4) is 5.75 Å². The molecule has 2 heterocycles. The van der Waals surface area contributed by atoms with E-state index >= 15 is 0 Å². The molecule has 0 aliphatic carbocycles. The van der Waals surface area contributed by atoms with Crippen molar-refractivity contribution < 1.29 is 9.90 Å². The van der Waals surface area contributed by atoms with Gasteiger partial charge in [-0.2, -0.15) is 0 Å². The number of hydrogen-bond donors (Lipinski definition) is 1. The molecule has 1 N–H and O–H groups in total. The monoisotopic (exact) mass is 361 g/mol. The van der Waals surface area contributed by atoms with Crippen LogP contribution in [-0.4, -0.2) is 47.5 Å². The van der Waals surface area contributed by atoms with Gasteiger partial charge in [-0.05, 0) is 60.1 Å². The van der Waals surface area contributed by atoms with Crippen molar-refractivity contribution in [1.29, 1.82) is 0 Å². The number of aromatic nitrogens is 1. The lowest BCUT2D eigenvalue weighted by molar-refractivity contribution is 0.112. The average molecular weight is 361 g/mol. The summed E-state index contributed by atoms with van der Waals surface area (Å²) in [5.41, 5.74) is 2.79. The molecular formula is C22H23N3O2. The fraction of sp³-hybridized carbons (Fsp3) is 0.273. The Labute approximate surface area is 158 Å². The zero-order chi connectivity index (χ0) is 18.8. The van der Waals surface area contributed by atoms with Crippen LogP contribution < -0.4 is 4.90 Å². The minimum Gasteiger partial charge on any atom is -0.507 e. The molecule has 138 valence electrons. The van der Waals surface area contributed by atoms with Crippen LogP contribution in [-0.2, 0) is 6.54 Å². The lowest BCUT2D eigenvalue weighted by Crippen LogP contribution is -2.34. The summed E-state index contributed by atoms with van der Waals surface area (Å²) in [5, 5.41) is 11.6. The number of carbonyl (C=O) groups excluding carboxylic acids is 1. The highest BCUT2D eigenvalue weighted by Crippen LogP contribution is 2.31. The van der Waals surface area contributed by atoms with Crippen LogP contribution in [0.25, 0.3) is 10.8 Å². The number of nitrogens with zero attached hydrogens (tertiary/aromatic N) is 3. The molecule has 0 spiro atoms. The van der Waals surface area contributed by atoms with Gasteiger partial charge in [-0.3, -0.25) is 14.7 Å². The number of pyridine rings is 1. The van der Waals surface area contributed by atoms with Crippen LogP contribution in [0.1, 0.15) is 22.3 Å². The Morgan fingerprint density at radius 1 is 1.22 bits per heavy atom. The lowest BCUT2D eigenvalue weighted by Gasteiger charge is -2.25. The van der Waals surface area contributed by atoms with Gasteiger partial charge in [0, 0.05) is 43.8 Å². The van der Waals surface area contributed by atoms with E-state index in [1.54, 1.807) is 6.07 Å². The molecule has 1 saturated heterocycles. The van der Waals surface area contributed by atoms with E-state index in [1.165, 1.54) is 5.56 Å². The van der Waals surface area contributed by atoms with E-state index in [1.807, 2.05) is 30.6 Å². The Balaban J connectivity index is 1.50. The van der Waals surface area contributed by atoms with Crippen LogP contribution >= 0.6 is 0 Å². The highest BCUT2D eigenvalue weighted by Gasteiger charge is 2.26. The zero-order valence-corrected chi connectivity index (χ0v) is 15.4. The molecule has 5 heteroatoms. The van der Waals surface area contributed by atoms with E-state index in [4.69, 9.17) is 0 Å². The maximum atomic E-state index is 11.3. The van der Waals surface area contributed by atoms with Crippen molar-refractivity contribution in [2.45, 2.75) is 19.0 Å². The van der Waals surface area contributed by atoms with E-state index < -0.39 is 0 Å². The van der Waals surface area contributed by atoms with Gasteiger partial charge in [0.05, 0.1) is 5.56 Å². The molecule has 1 aliphatic rings. The molecule has 27 heavy (non-hydrogen) atoms. The summed E-state index contributed by atoms with van der Waals surface area (Å²) in [6, 6.07) is 14.2. The quantitative estimate of drug-likeness (QED) is 0.705. The number of rotatable bonds is 5. The fourth-order valence-electron chi connectivity index (χ4n) is 3.89. The number of fused-ring (bicyclic) bond motifs is 1. The number of benzene rings is 2. The first-order valence-electron chi connectivity index (χ1n) is 9.20. The van der Waals surface area contributed by atoms with E-state index in [2.05, 4.69) is 40.0 Å². The normalized spacial score (nSPS) is 17.0. The predicted octanol–water partition coefficient (Wildman–Crippen LogP) is 3.46. The van der Waals surface area contributed by atoms with Crippen LogP contribution in [0, 0.1) is 0 Å². The maximum Gasteiger partial charge on any atom is 0.154 e. The van der Waals surface area contributed by atoms with Crippen molar-refractivity contribution in [2.75, 3.05) is 25.0 Å². The third kappa shape index (κ3) is 3.51. The number of carbonyl (C=O) groups is 1. The van der Waals surface area contributed by atoms with E-state index in [9.17, 15) is 9.90 Å². The first kappa shape index (κ1) is 17.5. The lowest BCUT2D eigenvalue weighted by atomic mass is 10.0. The Kier molecular flexibility index (Phi) is 4.77. The summed E-state index contributed by atoms with van der Waals surface area (Å²) in [5.74, 6) is 0.0317. The molecule has 3 aromatic rings. The molecule has 0 bridgehead atoms. The topological polar surface area (TPSA) is 56.7 Å². The van der Waals surface area contributed by atoms with Gasteiger partial charge in [0.1, 0.15) is 5.75 Å². The van der Waals surface area contributed by atoms with Gasteiger partial charge in [0.2, 0.25) is 0 Å². The molecule has 2 aromatic carbocycles. The van der Waals surface area contributed by atoms with Gasteiger partial charge in [-0.25, -0.2) is 0 Å². The minimum atomic E-state index is 0.0317. The Morgan fingerprint density at radius 3 is 2.81 bits per heavy atom. The molecule has 1 atom stereocenters. The number of phenolic OH excluding ortho intramolecular Hbond substituents is 1. The zero-order valence-electron chi connectivity index (χ0n) is 15.4. The number of aromatic hydroxyl groups is 1. The Hall–Kier alpha value is -2.92. The van der Waals surface area contributed by atoms with Gasteiger partial charge < -0.3 is 10.0 Å². The van der Waals surface area contributed by atoms with Crippen LogP contribution in [0.5, 0.6) is 5.75 Å². The molecule has 0 radical (unpaired) electrons. The summed E-state index contributed by atoms with van der Waals surface area (Å²) in [6.07, 6.45) is 5.52. The molecule has 1 fully saturated rings. The number of phenols is 1. The highest BCUT2D eigenvalue weighted by atomic mass is 16.3. The Morgan fingerprint density at radius 2 is 2.04 bits per heavy atom. The van der Waals surface area contributed by atoms with Crippen LogP contribution in [0.4, 0.5) is 5.69 Å². The maximum absolute atomic E-state index is 11.3. The van der Waals surface area contributed by atoms with Crippen molar-refractivity contribution >= 4 is 22.7 Å². The molecule has 1 aromatic heterocycles. The van der Waals surface area contributed by atoms with Crippen molar-refractivity contribution in [3.63, 3.8) is 0 Å². The fourth-order valence-corrected chi connectivity index (χ4v) is 3.89. The average Bonchev–Trinajstić information content (AvgIpc) is 3.19. The minimum absolute atomic E-state index is 0.0317. The summed E-state index contributed by atoms with van der Waals surface area (Å²) < 4.78 is 0. The second-order valence-electron chi connectivity index (χ2n) is 7.18. The second-order valence-corrected chi connectivity index (χ2v) is 7.18. The summed E-state index contributed by atoms with van der Waals surface area (Å²) in [6.45, 7) is 2.90. The van der Waals surface area contributed by atoms with Gasteiger partial charge in [0.25, 0.3) is 0 Å². The molecular weight excluding hydrogens is 338 g/mol. The molecule has 1 aliphatic heterocycles.